The number of nitrogens with one attached hydrogen (secondary N) is 1. The molecule has 0 saturated carbocycles. The predicted molar refractivity (Wildman–Crippen MR) is 72.7 cm³/mol. The number of anilines is 1. The van der Waals surface area contributed by atoms with Crippen LogP contribution in [0.25, 0.3) is 0 Å². The maximum Gasteiger partial charge on any atom is 0.241 e. The van der Waals surface area contributed by atoms with Crippen molar-refractivity contribution in [1.82, 2.24) is 4.98 Å². The molecule has 4 N–H and O–H groups in total. The molecular formula is C14H15N3O2. The Balaban J connectivity index is 1.94. The lowest BCUT2D eigenvalue weighted by Gasteiger charge is -2.12. The first-order valence-corrected chi connectivity index (χ1v) is 5.89. The largest absolute Gasteiger partial charge is 0.508 e. The fourth-order valence-electron chi connectivity index (χ4n) is 1.65. The summed E-state index contributed by atoms with van der Waals surface area (Å²) in [6.45, 7) is 0. The van der Waals surface area contributed by atoms with Crippen molar-refractivity contribution < 1.29 is 9.90 Å². The Labute approximate surface area is 111 Å². The summed E-state index contributed by atoms with van der Waals surface area (Å²) < 4.78 is 0. The van der Waals surface area contributed by atoms with Crippen LogP contribution in [0.2, 0.25) is 0 Å². The van der Waals surface area contributed by atoms with Crippen LogP contribution in [0.4, 0.5) is 5.69 Å². The Hall–Kier alpha value is -2.40. The van der Waals surface area contributed by atoms with Gasteiger partial charge < -0.3 is 16.2 Å². The van der Waals surface area contributed by atoms with Gasteiger partial charge >= 0.3 is 0 Å². The van der Waals surface area contributed by atoms with Crippen LogP contribution in [0.3, 0.4) is 0 Å². The van der Waals surface area contributed by atoms with E-state index in [-0.39, 0.29) is 11.7 Å². The van der Waals surface area contributed by atoms with Gasteiger partial charge in [0.1, 0.15) is 5.75 Å². The number of nitrogens with zero attached hydrogens (tertiary/aromatic N) is 1. The van der Waals surface area contributed by atoms with Crippen molar-refractivity contribution in [3.8, 4) is 5.75 Å². The van der Waals surface area contributed by atoms with Crippen molar-refractivity contribution in [2.45, 2.75) is 12.5 Å². The van der Waals surface area contributed by atoms with E-state index in [2.05, 4.69) is 10.3 Å². The molecule has 2 rings (SSSR count). The zero-order valence-electron chi connectivity index (χ0n) is 10.3. The summed E-state index contributed by atoms with van der Waals surface area (Å²) >= 11 is 0. The predicted octanol–water partition coefficient (Wildman–Crippen LogP) is 1.30. The molecule has 1 heterocycles. The Bertz CT molecular complexity index is 540. The third-order valence-corrected chi connectivity index (χ3v) is 2.66. The molecule has 0 aliphatic carbocycles. The topological polar surface area (TPSA) is 88.2 Å². The Kier molecular flexibility index (Phi) is 4.10. The molecule has 1 aromatic carbocycles. The average molecular weight is 257 g/mol. The highest BCUT2D eigenvalue weighted by molar-refractivity contribution is 5.94. The molecule has 0 fully saturated rings. The summed E-state index contributed by atoms with van der Waals surface area (Å²) in [7, 11) is 0. The lowest BCUT2D eigenvalue weighted by Crippen LogP contribution is -2.37. The first-order valence-electron chi connectivity index (χ1n) is 5.89. The molecule has 0 spiro atoms. The highest BCUT2D eigenvalue weighted by Crippen LogP contribution is 2.11. The van der Waals surface area contributed by atoms with E-state index < -0.39 is 6.04 Å². The van der Waals surface area contributed by atoms with Crippen LogP contribution < -0.4 is 11.1 Å². The minimum Gasteiger partial charge on any atom is -0.508 e. The van der Waals surface area contributed by atoms with Crippen LogP contribution in [-0.2, 0) is 11.2 Å². The van der Waals surface area contributed by atoms with Gasteiger partial charge in [-0.25, -0.2) is 0 Å². The van der Waals surface area contributed by atoms with Gasteiger partial charge in [0.25, 0.3) is 0 Å². The van der Waals surface area contributed by atoms with Crippen molar-refractivity contribution in [3.05, 3.63) is 54.4 Å². The molecular weight excluding hydrogens is 242 g/mol. The standard InChI is InChI=1S/C14H15N3O2/c15-13(8-10-3-5-12(18)6-4-10)14(19)17-11-2-1-7-16-9-11/h1-7,9,13,18H,8,15H2,(H,17,19). The summed E-state index contributed by atoms with van der Waals surface area (Å²) in [5.74, 6) is -0.0711. The van der Waals surface area contributed by atoms with E-state index in [0.717, 1.165) is 5.56 Å². The molecule has 0 bridgehead atoms. The Morgan fingerprint density at radius 1 is 1.32 bits per heavy atom. The number of nitrogens with two attached hydrogens (primary N) is 1. The van der Waals surface area contributed by atoms with Crippen LogP contribution >= 0.6 is 0 Å². The number of pyridine rings is 1. The van der Waals surface area contributed by atoms with E-state index in [1.807, 2.05) is 0 Å². The fourth-order valence-corrected chi connectivity index (χ4v) is 1.65. The second-order valence-electron chi connectivity index (χ2n) is 4.21. The number of phenolic OH excluding ortho intramolecular Hbond substituents is 1. The highest BCUT2D eigenvalue weighted by atomic mass is 16.3. The van der Waals surface area contributed by atoms with E-state index in [9.17, 15) is 9.90 Å². The third kappa shape index (κ3) is 3.79. The number of benzene rings is 1. The van der Waals surface area contributed by atoms with Gasteiger partial charge in [-0.15, -0.1) is 0 Å². The maximum atomic E-state index is 11.9. The van der Waals surface area contributed by atoms with Crippen LogP contribution in [0.1, 0.15) is 5.56 Å². The number of amides is 1. The second kappa shape index (κ2) is 5.97. The molecule has 0 radical (unpaired) electrons. The Morgan fingerprint density at radius 2 is 2.05 bits per heavy atom. The zero-order valence-corrected chi connectivity index (χ0v) is 10.3. The quantitative estimate of drug-likeness (QED) is 0.770. The lowest BCUT2D eigenvalue weighted by atomic mass is 10.1. The van der Waals surface area contributed by atoms with Gasteiger partial charge in [0.05, 0.1) is 17.9 Å². The zero-order chi connectivity index (χ0) is 13.7. The summed E-state index contributed by atoms with van der Waals surface area (Å²) in [4.78, 5) is 15.8. The molecule has 0 aliphatic heterocycles. The number of aromatic nitrogens is 1. The number of carbonyl (C=O) groups excluding carboxylic acids is 1. The summed E-state index contributed by atoms with van der Waals surface area (Å²) in [6, 6.07) is 9.46. The van der Waals surface area contributed by atoms with E-state index in [4.69, 9.17) is 5.73 Å². The maximum absolute atomic E-state index is 11.9. The minimum absolute atomic E-state index is 0.192. The van der Waals surface area contributed by atoms with Crippen LogP contribution in [-0.4, -0.2) is 22.0 Å². The monoisotopic (exact) mass is 257 g/mol. The number of rotatable bonds is 4. The molecule has 5 nitrogen and oxygen atoms in total. The molecule has 98 valence electrons. The van der Waals surface area contributed by atoms with Crippen molar-refractivity contribution in [3.63, 3.8) is 0 Å². The van der Waals surface area contributed by atoms with Crippen molar-refractivity contribution in [2.24, 2.45) is 5.73 Å². The molecule has 1 amide bonds. The summed E-state index contributed by atoms with van der Waals surface area (Å²) in [5.41, 5.74) is 7.35. The molecule has 5 heteroatoms. The normalized spacial score (nSPS) is 11.8. The molecule has 0 aliphatic rings. The molecule has 1 aromatic heterocycles. The van der Waals surface area contributed by atoms with Crippen LogP contribution in [0, 0.1) is 0 Å². The second-order valence-corrected chi connectivity index (χ2v) is 4.21. The first kappa shape index (κ1) is 13.0. The smallest absolute Gasteiger partial charge is 0.241 e. The molecule has 1 unspecified atom stereocenters. The van der Waals surface area contributed by atoms with Crippen molar-refractivity contribution >= 4 is 11.6 Å². The van der Waals surface area contributed by atoms with Gasteiger partial charge in [0.2, 0.25) is 5.91 Å². The average Bonchev–Trinajstić information content (AvgIpc) is 2.42. The van der Waals surface area contributed by atoms with Gasteiger partial charge in [0.15, 0.2) is 0 Å². The minimum atomic E-state index is -0.648. The number of aromatic hydroxyl groups is 1. The number of hydrogen-bond acceptors (Lipinski definition) is 4. The molecule has 19 heavy (non-hydrogen) atoms. The first-order chi connectivity index (χ1) is 9.15. The van der Waals surface area contributed by atoms with Gasteiger partial charge in [-0.3, -0.25) is 9.78 Å². The van der Waals surface area contributed by atoms with E-state index in [1.54, 1.807) is 48.8 Å². The van der Waals surface area contributed by atoms with Gasteiger partial charge in [-0.2, -0.15) is 0 Å². The molecule has 2 aromatic rings. The third-order valence-electron chi connectivity index (χ3n) is 2.66. The van der Waals surface area contributed by atoms with Gasteiger partial charge in [-0.1, -0.05) is 12.1 Å². The van der Waals surface area contributed by atoms with Crippen molar-refractivity contribution in [1.29, 1.82) is 0 Å². The van der Waals surface area contributed by atoms with E-state index in [1.165, 1.54) is 0 Å². The Morgan fingerprint density at radius 3 is 2.68 bits per heavy atom. The van der Waals surface area contributed by atoms with Crippen LogP contribution in [0.5, 0.6) is 5.75 Å². The van der Waals surface area contributed by atoms with E-state index >= 15 is 0 Å². The SMILES string of the molecule is NC(Cc1ccc(O)cc1)C(=O)Nc1cccnc1. The van der Waals surface area contributed by atoms with Gasteiger partial charge in [0, 0.05) is 6.20 Å². The van der Waals surface area contributed by atoms with E-state index in [0.29, 0.717) is 12.1 Å². The summed E-state index contributed by atoms with van der Waals surface area (Å²) in [6.07, 6.45) is 3.60. The summed E-state index contributed by atoms with van der Waals surface area (Å²) in [5, 5.41) is 11.9. The van der Waals surface area contributed by atoms with Gasteiger partial charge in [-0.05, 0) is 36.2 Å². The fraction of sp³-hybridized carbons (Fsp3) is 0.143. The number of phenols is 1. The van der Waals surface area contributed by atoms with Crippen molar-refractivity contribution in [2.75, 3.05) is 5.32 Å². The molecule has 1 atom stereocenters. The van der Waals surface area contributed by atoms with Crippen LogP contribution in [0.15, 0.2) is 48.8 Å². The number of carbonyl (C=O) groups is 1. The highest BCUT2D eigenvalue weighted by Gasteiger charge is 2.14. The molecule has 0 saturated heterocycles. The number of hydrogen-bond donors (Lipinski definition) is 3. The lowest BCUT2D eigenvalue weighted by molar-refractivity contribution is -0.117.